The van der Waals surface area contributed by atoms with Gasteiger partial charge in [0.15, 0.2) is 0 Å². The molecule has 0 amide bonds. The molecule has 0 aromatic heterocycles. The van der Waals surface area contributed by atoms with Gasteiger partial charge in [-0.3, -0.25) is 0 Å². The highest BCUT2D eigenvalue weighted by Crippen LogP contribution is 2.40. The molecular formula is C17H27NO. The smallest absolute Gasteiger partial charge is 0.122 e. The van der Waals surface area contributed by atoms with E-state index in [0.29, 0.717) is 11.8 Å². The number of hydrogen-bond acceptors (Lipinski definition) is 2. The Bertz CT molecular complexity index is 408. The lowest BCUT2D eigenvalue weighted by Crippen LogP contribution is -2.20. The van der Waals surface area contributed by atoms with Gasteiger partial charge in [-0.25, -0.2) is 0 Å². The van der Waals surface area contributed by atoms with Crippen LogP contribution < -0.4 is 10.5 Å². The molecule has 1 saturated carbocycles. The van der Waals surface area contributed by atoms with Crippen molar-refractivity contribution < 1.29 is 4.74 Å². The first kappa shape index (κ1) is 14.4. The summed E-state index contributed by atoms with van der Waals surface area (Å²) in [6, 6.07) is 6.61. The van der Waals surface area contributed by atoms with Crippen LogP contribution in [0.15, 0.2) is 18.2 Å². The van der Waals surface area contributed by atoms with Crippen molar-refractivity contribution in [2.24, 2.45) is 11.7 Å². The highest BCUT2D eigenvalue weighted by molar-refractivity contribution is 5.41. The van der Waals surface area contributed by atoms with E-state index in [4.69, 9.17) is 10.5 Å². The van der Waals surface area contributed by atoms with Gasteiger partial charge in [0.2, 0.25) is 0 Å². The van der Waals surface area contributed by atoms with E-state index in [1.54, 1.807) is 7.11 Å². The van der Waals surface area contributed by atoms with Crippen molar-refractivity contribution >= 4 is 0 Å². The molecule has 0 aliphatic heterocycles. The first-order valence-electron chi connectivity index (χ1n) is 7.55. The monoisotopic (exact) mass is 261 g/mol. The summed E-state index contributed by atoms with van der Waals surface area (Å²) in [5.41, 5.74) is 8.78. The normalized spacial score (nSPS) is 17.9. The van der Waals surface area contributed by atoms with Crippen LogP contribution in [-0.2, 0) is 0 Å². The maximum Gasteiger partial charge on any atom is 0.122 e. The van der Waals surface area contributed by atoms with Crippen molar-refractivity contribution in [1.29, 1.82) is 0 Å². The number of benzene rings is 1. The zero-order valence-corrected chi connectivity index (χ0v) is 12.5. The Morgan fingerprint density at radius 3 is 2.47 bits per heavy atom. The van der Waals surface area contributed by atoms with Crippen molar-refractivity contribution in [3.8, 4) is 5.75 Å². The lowest BCUT2D eigenvalue weighted by Gasteiger charge is -2.25. The fourth-order valence-corrected chi connectivity index (χ4v) is 3.33. The number of nitrogens with two attached hydrogens (primary N) is 1. The number of ether oxygens (including phenoxy) is 1. The predicted molar refractivity (Wildman–Crippen MR) is 80.8 cm³/mol. The van der Waals surface area contributed by atoms with E-state index >= 15 is 0 Å². The van der Waals surface area contributed by atoms with Crippen LogP contribution >= 0.6 is 0 Å². The van der Waals surface area contributed by atoms with Gasteiger partial charge in [0.05, 0.1) is 7.11 Å². The molecule has 106 valence electrons. The Labute approximate surface area is 117 Å². The molecule has 0 bridgehead atoms. The fraction of sp³-hybridized carbons (Fsp3) is 0.647. The van der Waals surface area contributed by atoms with Crippen molar-refractivity contribution in [3.63, 3.8) is 0 Å². The predicted octanol–water partition coefficient (Wildman–Crippen LogP) is 4.05. The third-order valence-electron chi connectivity index (χ3n) is 4.54. The van der Waals surface area contributed by atoms with Gasteiger partial charge >= 0.3 is 0 Å². The summed E-state index contributed by atoms with van der Waals surface area (Å²) in [6.45, 7) is 5.19. The standard InChI is InChI=1S/C17H27NO/c1-12(2)14-8-9-17(19-3)15(10-14)16(11-18)13-6-4-5-7-13/h8-10,12-13,16H,4-7,11,18H2,1-3H3. The highest BCUT2D eigenvalue weighted by Gasteiger charge is 2.27. The molecule has 1 atom stereocenters. The lowest BCUT2D eigenvalue weighted by atomic mass is 9.83. The molecule has 2 nitrogen and oxygen atoms in total. The summed E-state index contributed by atoms with van der Waals surface area (Å²) in [5.74, 6) is 2.75. The molecule has 1 aliphatic carbocycles. The largest absolute Gasteiger partial charge is 0.496 e. The first-order valence-corrected chi connectivity index (χ1v) is 7.55. The summed E-state index contributed by atoms with van der Waals surface area (Å²) in [5, 5.41) is 0. The van der Waals surface area contributed by atoms with Crippen molar-refractivity contribution in [2.45, 2.75) is 51.4 Å². The number of methoxy groups -OCH3 is 1. The average Bonchev–Trinajstić information content (AvgIpc) is 2.93. The minimum Gasteiger partial charge on any atom is -0.496 e. The third-order valence-corrected chi connectivity index (χ3v) is 4.54. The molecule has 19 heavy (non-hydrogen) atoms. The Hall–Kier alpha value is -1.02. The molecule has 0 saturated heterocycles. The van der Waals surface area contributed by atoms with E-state index in [0.717, 1.165) is 18.2 Å². The summed E-state index contributed by atoms with van der Waals surface area (Å²) >= 11 is 0. The zero-order valence-electron chi connectivity index (χ0n) is 12.5. The zero-order chi connectivity index (χ0) is 13.8. The van der Waals surface area contributed by atoms with Crippen LogP contribution in [0.4, 0.5) is 0 Å². The topological polar surface area (TPSA) is 35.2 Å². The van der Waals surface area contributed by atoms with Crippen LogP contribution in [0.1, 0.15) is 62.5 Å². The fourth-order valence-electron chi connectivity index (χ4n) is 3.33. The van der Waals surface area contributed by atoms with Gasteiger partial charge in [0.1, 0.15) is 5.75 Å². The van der Waals surface area contributed by atoms with E-state index in [9.17, 15) is 0 Å². The molecule has 1 aliphatic rings. The molecule has 2 heteroatoms. The molecule has 2 N–H and O–H groups in total. The summed E-state index contributed by atoms with van der Waals surface area (Å²) in [7, 11) is 1.76. The minimum atomic E-state index is 0.455. The molecule has 1 aromatic carbocycles. The second-order valence-corrected chi connectivity index (χ2v) is 6.04. The van der Waals surface area contributed by atoms with Crippen LogP contribution in [0, 0.1) is 5.92 Å². The molecular weight excluding hydrogens is 234 g/mol. The van der Waals surface area contributed by atoms with Gasteiger partial charge in [-0.15, -0.1) is 0 Å². The minimum absolute atomic E-state index is 0.455. The Kier molecular flexibility index (Phi) is 4.87. The summed E-state index contributed by atoms with van der Waals surface area (Å²) < 4.78 is 5.57. The molecule has 0 spiro atoms. The summed E-state index contributed by atoms with van der Waals surface area (Å²) in [6.07, 6.45) is 5.34. The number of hydrogen-bond donors (Lipinski definition) is 1. The van der Waals surface area contributed by atoms with Gasteiger partial charge in [0.25, 0.3) is 0 Å². The van der Waals surface area contributed by atoms with Gasteiger partial charge in [0, 0.05) is 5.92 Å². The van der Waals surface area contributed by atoms with Crippen LogP contribution in [0.3, 0.4) is 0 Å². The van der Waals surface area contributed by atoms with E-state index in [1.165, 1.54) is 36.8 Å². The van der Waals surface area contributed by atoms with Crippen LogP contribution in [0.25, 0.3) is 0 Å². The molecule has 1 aromatic rings. The highest BCUT2D eigenvalue weighted by atomic mass is 16.5. The molecule has 1 unspecified atom stereocenters. The van der Waals surface area contributed by atoms with E-state index in [-0.39, 0.29) is 0 Å². The second-order valence-electron chi connectivity index (χ2n) is 6.04. The Morgan fingerprint density at radius 2 is 1.95 bits per heavy atom. The quantitative estimate of drug-likeness (QED) is 0.867. The van der Waals surface area contributed by atoms with E-state index < -0.39 is 0 Å². The Balaban J connectivity index is 2.35. The molecule has 2 rings (SSSR count). The maximum absolute atomic E-state index is 6.08. The lowest BCUT2D eigenvalue weighted by molar-refractivity contribution is 0.383. The molecule has 0 heterocycles. The van der Waals surface area contributed by atoms with Gasteiger partial charge in [-0.05, 0) is 48.4 Å². The van der Waals surface area contributed by atoms with Gasteiger partial charge in [-0.1, -0.05) is 38.8 Å². The second kappa shape index (κ2) is 6.42. The average molecular weight is 261 g/mol. The van der Waals surface area contributed by atoms with Crippen LogP contribution in [0.5, 0.6) is 5.75 Å². The van der Waals surface area contributed by atoms with Gasteiger partial charge in [-0.2, -0.15) is 0 Å². The van der Waals surface area contributed by atoms with Crippen LogP contribution in [0.2, 0.25) is 0 Å². The van der Waals surface area contributed by atoms with Gasteiger partial charge < -0.3 is 10.5 Å². The first-order chi connectivity index (χ1) is 9.17. The maximum atomic E-state index is 6.08. The SMILES string of the molecule is COc1ccc(C(C)C)cc1C(CN)C1CCCC1. The Morgan fingerprint density at radius 1 is 1.26 bits per heavy atom. The third kappa shape index (κ3) is 3.11. The van der Waals surface area contributed by atoms with Crippen molar-refractivity contribution in [2.75, 3.05) is 13.7 Å². The number of rotatable bonds is 5. The molecule has 0 radical (unpaired) electrons. The molecule has 1 fully saturated rings. The van der Waals surface area contributed by atoms with Crippen LogP contribution in [-0.4, -0.2) is 13.7 Å². The van der Waals surface area contributed by atoms with Crippen molar-refractivity contribution in [1.82, 2.24) is 0 Å². The van der Waals surface area contributed by atoms with E-state index in [2.05, 4.69) is 32.0 Å². The van der Waals surface area contributed by atoms with Crippen molar-refractivity contribution in [3.05, 3.63) is 29.3 Å². The summed E-state index contributed by atoms with van der Waals surface area (Å²) in [4.78, 5) is 0. The van der Waals surface area contributed by atoms with E-state index in [1.807, 2.05) is 0 Å².